The topological polar surface area (TPSA) is 49.0 Å². The minimum absolute atomic E-state index is 0.125. The van der Waals surface area contributed by atoms with Gasteiger partial charge in [0, 0.05) is 24.2 Å². The van der Waals surface area contributed by atoms with Crippen LogP contribution in [0.15, 0.2) is 47.6 Å². The molecular formula is C17H15ClFN3OS. The Bertz CT molecular complexity index is 830. The summed E-state index contributed by atoms with van der Waals surface area (Å²) >= 11 is 7.32. The molecule has 0 unspecified atom stereocenters. The summed E-state index contributed by atoms with van der Waals surface area (Å²) in [7, 11) is 1.63. The van der Waals surface area contributed by atoms with E-state index >= 15 is 0 Å². The van der Waals surface area contributed by atoms with E-state index in [0.717, 1.165) is 11.0 Å². The predicted octanol–water partition coefficient (Wildman–Crippen LogP) is 4.11. The van der Waals surface area contributed by atoms with Crippen molar-refractivity contribution < 1.29 is 9.18 Å². The van der Waals surface area contributed by atoms with Crippen LogP contribution in [0.1, 0.15) is 5.56 Å². The third-order valence-corrected chi connectivity index (χ3v) is 4.79. The number of imidazole rings is 1. The molecule has 7 heteroatoms. The number of aromatic amines is 1. The summed E-state index contributed by atoms with van der Waals surface area (Å²) in [5.41, 5.74) is 2.11. The zero-order valence-electron chi connectivity index (χ0n) is 12.9. The molecule has 0 aliphatic carbocycles. The Morgan fingerprint density at radius 3 is 2.83 bits per heavy atom. The maximum absolute atomic E-state index is 13.8. The Balaban J connectivity index is 1.62. The number of amides is 1. The minimum atomic E-state index is -0.410. The van der Waals surface area contributed by atoms with Crippen molar-refractivity contribution in [1.29, 1.82) is 0 Å². The van der Waals surface area contributed by atoms with Gasteiger partial charge in [-0.2, -0.15) is 0 Å². The first kappa shape index (κ1) is 16.8. The third-order valence-electron chi connectivity index (χ3n) is 3.58. The summed E-state index contributed by atoms with van der Waals surface area (Å²) < 4.78 is 13.8. The van der Waals surface area contributed by atoms with Gasteiger partial charge in [-0.25, -0.2) is 9.37 Å². The number of rotatable bonds is 5. The normalized spacial score (nSPS) is 11.0. The number of carbonyl (C=O) groups is 1. The van der Waals surface area contributed by atoms with Crippen molar-refractivity contribution in [2.75, 3.05) is 12.8 Å². The van der Waals surface area contributed by atoms with Crippen LogP contribution < -0.4 is 0 Å². The van der Waals surface area contributed by atoms with Crippen LogP contribution in [0.3, 0.4) is 0 Å². The number of carbonyl (C=O) groups excluding carboxylic acids is 1. The lowest BCUT2D eigenvalue weighted by molar-refractivity contribution is -0.127. The van der Waals surface area contributed by atoms with Crippen molar-refractivity contribution in [2.24, 2.45) is 0 Å². The summed E-state index contributed by atoms with van der Waals surface area (Å²) in [6, 6.07) is 12.2. The molecule has 1 heterocycles. The van der Waals surface area contributed by atoms with Gasteiger partial charge in [0.05, 0.1) is 16.8 Å². The number of para-hydroxylation sites is 2. The molecule has 3 aromatic rings. The summed E-state index contributed by atoms with van der Waals surface area (Å²) in [5, 5.41) is 1.00. The average molecular weight is 364 g/mol. The van der Waals surface area contributed by atoms with Gasteiger partial charge in [0.25, 0.3) is 0 Å². The van der Waals surface area contributed by atoms with E-state index < -0.39 is 5.82 Å². The first-order chi connectivity index (χ1) is 11.5. The number of aromatic nitrogens is 2. The summed E-state index contributed by atoms with van der Waals surface area (Å²) in [5.74, 6) is -0.325. The molecular weight excluding hydrogens is 349 g/mol. The molecule has 0 atom stereocenters. The molecule has 0 radical (unpaired) electrons. The maximum atomic E-state index is 13.8. The highest BCUT2D eigenvalue weighted by Crippen LogP contribution is 2.22. The second-order valence-electron chi connectivity index (χ2n) is 5.30. The molecule has 24 heavy (non-hydrogen) atoms. The summed E-state index contributed by atoms with van der Waals surface area (Å²) in [6.45, 7) is 0.130. The van der Waals surface area contributed by atoms with Gasteiger partial charge in [-0.1, -0.05) is 41.6 Å². The Labute approximate surface area is 148 Å². The lowest BCUT2D eigenvalue weighted by atomic mass is 10.2. The second kappa shape index (κ2) is 7.23. The molecule has 3 rings (SSSR count). The van der Waals surface area contributed by atoms with E-state index in [2.05, 4.69) is 9.97 Å². The predicted molar refractivity (Wildman–Crippen MR) is 94.7 cm³/mol. The van der Waals surface area contributed by atoms with E-state index in [-0.39, 0.29) is 18.2 Å². The first-order valence-electron chi connectivity index (χ1n) is 7.29. The van der Waals surface area contributed by atoms with E-state index in [1.165, 1.54) is 22.7 Å². The van der Waals surface area contributed by atoms with E-state index in [4.69, 9.17) is 11.6 Å². The van der Waals surface area contributed by atoms with Gasteiger partial charge in [0.15, 0.2) is 5.16 Å². The quantitative estimate of drug-likeness (QED) is 0.694. The number of thioether (sulfide) groups is 1. The van der Waals surface area contributed by atoms with Crippen LogP contribution in [0, 0.1) is 5.82 Å². The number of benzene rings is 2. The number of H-pyrrole nitrogens is 1. The van der Waals surface area contributed by atoms with Crippen molar-refractivity contribution in [1.82, 2.24) is 14.9 Å². The molecule has 124 valence electrons. The Kier molecular flexibility index (Phi) is 5.06. The molecule has 1 aromatic heterocycles. The van der Waals surface area contributed by atoms with E-state index in [1.54, 1.807) is 19.2 Å². The van der Waals surface area contributed by atoms with Crippen LogP contribution in [-0.2, 0) is 11.3 Å². The molecule has 0 aliphatic rings. The van der Waals surface area contributed by atoms with Crippen molar-refractivity contribution >= 4 is 40.3 Å². The van der Waals surface area contributed by atoms with Crippen molar-refractivity contribution in [2.45, 2.75) is 11.7 Å². The van der Waals surface area contributed by atoms with Crippen molar-refractivity contribution in [3.63, 3.8) is 0 Å². The van der Waals surface area contributed by atoms with Crippen LogP contribution in [0.2, 0.25) is 5.02 Å². The largest absolute Gasteiger partial charge is 0.341 e. The Hall–Kier alpha value is -2.05. The fourth-order valence-electron chi connectivity index (χ4n) is 2.25. The maximum Gasteiger partial charge on any atom is 0.233 e. The summed E-state index contributed by atoms with van der Waals surface area (Å²) in [4.78, 5) is 21.3. The number of hydrogen-bond acceptors (Lipinski definition) is 3. The fourth-order valence-corrected chi connectivity index (χ4v) is 3.30. The monoisotopic (exact) mass is 363 g/mol. The molecule has 1 N–H and O–H groups in total. The van der Waals surface area contributed by atoms with Gasteiger partial charge >= 0.3 is 0 Å². The smallest absolute Gasteiger partial charge is 0.233 e. The number of fused-ring (bicyclic) bond motifs is 1. The van der Waals surface area contributed by atoms with Gasteiger partial charge in [-0.3, -0.25) is 4.79 Å². The molecule has 0 aliphatic heterocycles. The molecule has 2 aromatic carbocycles. The van der Waals surface area contributed by atoms with Crippen molar-refractivity contribution in [3.8, 4) is 0 Å². The van der Waals surface area contributed by atoms with Gasteiger partial charge in [0.2, 0.25) is 5.91 Å². The first-order valence-corrected chi connectivity index (χ1v) is 8.65. The second-order valence-corrected chi connectivity index (χ2v) is 6.67. The SMILES string of the molecule is CN(Cc1c(F)cccc1Cl)C(=O)CSc1nc2ccccc2[nH]1. The van der Waals surface area contributed by atoms with E-state index in [0.29, 0.717) is 15.7 Å². The van der Waals surface area contributed by atoms with Crippen LogP contribution >= 0.6 is 23.4 Å². The summed E-state index contributed by atoms with van der Waals surface area (Å²) in [6.07, 6.45) is 0. The Morgan fingerprint density at radius 1 is 1.29 bits per heavy atom. The van der Waals surface area contributed by atoms with Gasteiger partial charge in [0.1, 0.15) is 5.82 Å². The van der Waals surface area contributed by atoms with Gasteiger partial charge in [-0.15, -0.1) is 0 Å². The molecule has 0 fully saturated rings. The number of nitrogens with one attached hydrogen (secondary N) is 1. The lowest BCUT2D eigenvalue weighted by Gasteiger charge is -2.18. The van der Waals surface area contributed by atoms with Gasteiger partial charge in [-0.05, 0) is 24.3 Å². The molecule has 1 amide bonds. The van der Waals surface area contributed by atoms with Crippen LogP contribution in [0.25, 0.3) is 11.0 Å². The number of nitrogens with zero attached hydrogens (tertiary/aromatic N) is 2. The van der Waals surface area contributed by atoms with E-state index in [1.807, 2.05) is 24.3 Å². The highest BCUT2D eigenvalue weighted by Gasteiger charge is 2.15. The molecule has 0 saturated heterocycles. The third kappa shape index (κ3) is 3.71. The molecule has 0 spiro atoms. The lowest BCUT2D eigenvalue weighted by Crippen LogP contribution is -2.28. The molecule has 0 bridgehead atoms. The van der Waals surface area contributed by atoms with Gasteiger partial charge < -0.3 is 9.88 Å². The zero-order chi connectivity index (χ0) is 17.1. The molecule has 0 saturated carbocycles. The Morgan fingerprint density at radius 2 is 2.08 bits per heavy atom. The number of hydrogen-bond donors (Lipinski definition) is 1. The standard InChI is InChI=1S/C17H15ClFN3OS/c1-22(9-11-12(18)5-4-6-13(11)19)16(23)10-24-17-20-14-7-2-3-8-15(14)21-17/h2-8H,9-10H2,1H3,(H,20,21). The zero-order valence-corrected chi connectivity index (χ0v) is 14.5. The average Bonchev–Trinajstić information content (AvgIpc) is 2.99. The van der Waals surface area contributed by atoms with Crippen LogP contribution in [0.5, 0.6) is 0 Å². The highest BCUT2D eigenvalue weighted by molar-refractivity contribution is 7.99. The molecule has 4 nitrogen and oxygen atoms in total. The number of halogens is 2. The highest BCUT2D eigenvalue weighted by atomic mass is 35.5. The minimum Gasteiger partial charge on any atom is -0.341 e. The van der Waals surface area contributed by atoms with E-state index in [9.17, 15) is 9.18 Å². The van der Waals surface area contributed by atoms with Crippen LogP contribution in [0.4, 0.5) is 4.39 Å². The van der Waals surface area contributed by atoms with Crippen molar-refractivity contribution in [3.05, 3.63) is 58.9 Å². The van der Waals surface area contributed by atoms with Crippen LogP contribution in [-0.4, -0.2) is 33.6 Å². The fraction of sp³-hybridized carbons (Fsp3) is 0.176.